The highest BCUT2D eigenvalue weighted by molar-refractivity contribution is 5.88. The van der Waals surface area contributed by atoms with Crippen molar-refractivity contribution in [3.63, 3.8) is 0 Å². The molecule has 0 aromatic rings. The highest BCUT2D eigenvalue weighted by Crippen LogP contribution is 2.12. The smallest absolute Gasteiger partial charge is 0.408 e. The molecule has 1 heterocycles. The number of ether oxygens (including phenoxy) is 1. The molecule has 95 valence electrons. The lowest BCUT2D eigenvalue weighted by molar-refractivity contribution is -0.128. The first-order valence-electron chi connectivity index (χ1n) is 5.47. The van der Waals surface area contributed by atoms with Crippen LogP contribution >= 0.6 is 0 Å². The number of carbonyl (C=O) groups excluding carboxylic acids is 3. The molecule has 6 heteroatoms. The minimum absolute atomic E-state index is 0.0503. The maximum atomic E-state index is 11.7. The lowest BCUT2D eigenvalue weighted by atomic mass is 10.2. The Morgan fingerprint density at radius 2 is 2.24 bits per heavy atom. The van der Waals surface area contributed by atoms with Crippen molar-refractivity contribution in [1.82, 2.24) is 10.2 Å². The quantitative estimate of drug-likeness (QED) is 0.767. The predicted molar refractivity (Wildman–Crippen MR) is 60.0 cm³/mol. The van der Waals surface area contributed by atoms with E-state index in [0.29, 0.717) is 13.0 Å². The number of amides is 2. The van der Waals surface area contributed by atoms with Gasteiger partial charge in [0.25, 0.3) is 0 Å². The molecule has 1 unspecified atom stereocenters. The van der Waals surface area contributed by atoms with Crippen LogP contribution in [0.4, 0.5) is 4.79 Å². The molecular formula is C11H17N2O4. The summed E-state index contributed by atoms with van der Waals surface area (Å²) in [7, 11) is 0. The summed E-state index contributed by atoms with van der Waals surface area (Å²) in [5.74, 6) is -0.265. The number of nitrogens with zero attached hydrogens (tertiary/aromatic N) is 1. The molecule has 2 amide bonds. The number of carbonyl (C=O) groups is 2. The van der Waals surface area contributed by atoms with E-state index in [4.69, 9.17) is 4.74 Å². The molecule has 1 saturated heterocycles. The normalized spacial score (nSPS) is 20.3. The molecule has 1 radical (unpaired) electrons. The Balaban J connectivity index is 2.46. The maximum absolute atomic E-state index is 11.7. The standard InChI is InChI=1S/C11H17N2O4/c1-11(2,3)17-10(16)12-8-4-5-13(6-7-14)9(8)15/h8H,4-6H2,1-3H3,(H,12,16). The van der Waals surface area contributed by atoms with Crippen LogP contribution in [0.2, 0.25) is 0 Å². The van der Waals surface area contributed by atoms with Crippen LogP contribution in [0.25, 0.3) is 0 Å². The minimum atomic E-state index is -0.618. The van der Waals surface area contributed by atoms with Crippen molar-refractivity contribution in [3.8, 4) is 0 Å². The Morgan fingerprint density at radius 1 is 1.59 bits per heavy atom. The van der Waals surface area contributed by atoms with Gasteiger partial charge in [0.2, 0.25) is 12.2 Å². The van der Waals surface area contributed by atoms with E-state index in [1.54, 1.807) is 27.1 Å². The molecule has 0 aromatic carbocycles. The highest BCUT2D eigenvalue weighted by Gasteiger charge is 2.33. The first kappa shape index (κ1) is 13.5. The van der Waals surface area contributed by atoms with Crippen LogP contribution in [0.5, 0.6) is 0 Å². The van der Waals surface area contributed by atoms with Gasteiger partial charge >= 0.3 is 6.09 Å². The minimum Gasteiger partial charge on any atom is -0.444 e. The second kappa shape index (κ2) is 5.16. The zero-order valence-corrected chi connectivity index (χ0v) is 10.3. The van der Waals surface area contributed by atoms with Crippen LogP contribution in [0.15, 0.2) is 0 Å². The van der Waals surface area contributed by atoms with Gasteiger partial charge in [0.1, 0.15) is 11.6 Å². The SMILES string of the molecule is CC(C)(C)OC(=O)NC1CCN(C[C]=O)C1=O. The summed E-state index contributed by atoms with van der Waals surface area (Å²) in [6.45, 7) is 5.64. The van der Waals surface area contributed by atoms with E-state index >= 15 is 0 Å². The van der Waals surface area contributed by atoms with Gasteiger partial charge in [-0.3, -0.25) is 9.59 Å². The van der Waals surface area contributed by atoms with Crippen molar-refractivity contribution < 1.29 is 19.1 Å². The van der Waals surface area contributed by atoms with Gasteiger partial charge in [0.05, 0.1) is 6.54 Å². The van der Waals surface area contributed by atoms with E-state index in [1.165, 1.54) is 4.90 Å². The zero-order chi connectivity index (χ0) is 13.1. The molecule has 6 nitrogen and oxygen atoms in total. The number of rotatable bonds is 3. The van der Waals surface area contributed by atoms with Crippen LogP contribution in [0, 0.1) is 0 Å². The summed E-state index contributed by atoms with van der Waals surface area (Å²) in [6.07, 6.45) is 1.53. The molecule has 0 spiro atoms. The fraction of sp³-hybridized carbons (Fsp3) is 0.727. The molecule has 1 rings (SSSR count). The topological polar surface area (TPSA) is 75.7 Å². The molecule has 0 bridgehead atoms. The third kappa shape index (κ3) is 4.05. The van der Waals surface area contributed by atoms with Gasteiger partial charge in [-0.2, -0.15) is 0 Å². The second-order valence-electron chi connectivity index (χ2n) is 4.89. The summed E-state index contributed by atoms with van der Waals surface area (Å²) in [5, 5.41) is 2.49. The van der Waals surface area contributed by atoms with Crippen LogP contribution in [0.3, 0.4) is 0 Å². The molecule has 1 fully saturated rings. The van der Waals surface area contributed by atoms with Crippen molar-refractivity contribution >= 4 is 18.3 Å². The number of likely N-dealkylation sites (tertiary alicyclic amines) is 1. The Hall–Kier alpha value is -1.59. The molecule has 1 N–H and O–H groups in total. The zero-order valence-electron chi connectivity index (χ0n) is 10.3. The van der Waals surface area contributed by atoms with Crippen LogP contribution < -0.4 is 5.32 Å². The summed E-state index contributed by atoms with van der Waals surface area (Å²) in [5.41, 5.74) is -0.595. The predicted octanol–water partition coefficient (Wildman–Crippen LogP) is 0.222. The lowest BCUT2D eigenvalue weighted by Crippen LogP contribution is -2.44. The van der Waals surface area contributed by atoms with E-state index in [-0.39, 0.29) is 12.5 Å². The first-order valence-corrected chi connectivity index (χ1v) is 5.47. The van der Waals surface area contributed by atoms with Crippen molar-refractivity contribution in [1.29, 1.82) is 0 Å². The highest BCUT2D eigenvalue weighted by atomic mass is 16.6. The Kier molecular flexibility index (Phi) is 4.09. The van der Waals surface area contributed by atoms with E-state index in [2.05, 4.69) is 5.32 Å². The Morgan fingerprint density at radius 3 is 2.76 bits per heavy atom. The van der Waals surface area contributed by atoms with E-state index in [0.717, 1.165) is 0 Å². The number of hydrogen-bond acceptors (Lipinski definition) is 4. The van der Waals surface area contributed by atoms with Gasteiger partial charge < -0.3 is 15.0 Å². The second-order valence-corrected chi connectivity index (χ2v) is 4.89. The molecular weight excluding hydrogens is 224 g/mol. The molecule has 1 aliphatic heterocycles. The van der Waals surface area contributed by atoms with Gasteiger partial charge in [-0.05, 0) is 27.2 Å². The van der Waals surface area contributed by atoms with Gasteiger partial charge in [-0.25, -0.2) is 4.79 Å². The number of alkyl carbamates (subject to hydrolysis) is 1. The molecule has 0 aromatic heterocycles. The summed E-state index contributed by atoms with van der Waals surface area (Å²) < 4.78 is 5.05. The average molecular weight is 241 g/mol. The molecule has 17 heavy (non-hydrogen) atoms. The summed E-state index contributed by atoms with van der Waals surface area (Å²) >= 11 is 0. The van der Waals surface area contributed by atoms with Crippen molar-refractivity contribution in [2.75, 3.05) is 13.1 Å². The van der Waals surface area contributed by atoms with Crippen LogP contribution in [-0.4, -0.2) is 47.9 Å². The van der Waals surface area contributed by atoms with E-state index < -0.39 is 17.7 Å². The van der Waals surface area contributed by atoms with Crippen molar-refractivity contribution in [2.24, 2.45) is 0 Å². The molecule has 1 aliphatic rings. The van der Waals surface area contributed by atoms with E-state index in [9.17, 15) is 14.4 Å². The van der Waals surface area contributed by atoms with Crippen molar-refractivity contribution in [2.45, 2.75) is 38.8 Å². The molecule has 0 aliphatic carbocycles. The number of hydrogen-bond donors (Lipinski definition) is 1. The third-order valence-electron chi connectivity index (χ3n) is 2.24. The third-order valence-corrected chi connectivity index (χ3v) is 2.24. The van der Waals surface area contributed by atoms with Crippen LogP contribution in [0.1, 0.15) is 27.2 Å². The fourth-order valence-electron chi connectivity index (χ4n) is 1.56. The maximum Gasteiger partial charge on any atom is 0.408 e. The van der Waals surface area contributed by atoms with Gasteiger partial charge in [0, 0.05) is 6.54 Å². The monoisotopic (exact) mass is 241 g/mol. The van der Waals surface area contributed by atoms with Gasteiger partial charge in [0.15, 0.2) is 0 Å². The van der Waals surface area contributed by atoms with Crippen molar-refractivity contribution in [3.05, 3.63) is 0 Å². The summed E-state index contributed by atoms with van der Waals surface area (Å²) in [4.78, 5) is 34.7. The van der Waals surface area contributed by atoms with Gasteiger partial charge in [-0.1, -0.05) is 0 Å². The van der Waals surface area contributed by atoms with Gasteiger partial charge in [-0.15, -0.1) is 0 Å². The number of nitrogens with one attached hydrogen (secondary N) is 1. The largest absolute Gasteiger partial charge is 0.444 e. The van der Waals surface area contributed by atoms with Crippen LogP contribution in [-0.2, 0) is 14.3 Å². The first-order chi connectivity index (χ1) is 7.83. The Bertz CT molecular complexity index is 322. The Labute approximate surface area is 100 Å². The summed E-state index contributed by atoms with van der Waals surface area (Å²) in [6, 6.07) is -0.599. The fourth-order valence-corrected chi connectivity index (χ4v) is 1.56. The molecule has 0 saturated carbocycles. The lowest BCUT2D eigenvalue weighted by Gasteiger charge is -2.21. The average Bonchev–Trinajstić information content (AvgIpc) is 2.47. The molecule has 1 atom stereocenters. The van der Waals surface area contributed by atoms with E-state index in [1.807, 2.05) is 0 Å².